The van der Waals surface area contributed by atoms with E-state index in [4.69, 9.17) is 20.8 Å². The second-order valence-corrected chi connectivity index (χ2v) is 5.48. The van der Waals surface area contributed by atoms with Gasteiger partial charge in [0.25, 0.3) is 0 Å². The smallest absolute Gasteiger partial charge is 0.315 e. The number of pyridine rings is 1. The topological polar surface area (TPSA) is 52.3 Å². The number of furan rings is 1. The highest BCUT2D eigenvalue weighted by Gasteiger charge is 2.16. The maximum absolute atomic E-state index is 12.1. The lowest BCUT2D eigenvalue weighted by molar-refractivity contribution is -0.133. The first-order chi connectivity index (χ1) is 10.6. The Kier molecular flexibility index (Phi) is 3.86. The third kappa shape index (κ3) is 2.70. The second kappa shape index (κ2) is 5.81. The van der Waals surface area contributed by atoms with Crippen LogP contribution in [-0.2, 0) is 11.2 Å². The van der Waals surface area contributed by atoms with E-state index in [1.165, 1.54) is 6.20 Å². The Bertz CT molecular complexity index is 840. The van der Waals surface area contributed by atoms with Gasteiger partial charge in [-0.25, -0.2) is 0 Å². The molecule has 0 bridgehead atoms. The van der Waals surface area contributed by atoms with E-state index in [0.717, 1.165) is 27.7 Å². The summed E-state index contributed by atoms with van der Waals surface area (Å²) >= 11 is 6.29. The van der Waals surface area contributed by atoms with E-state index >= 15 is 0 Å². The summed E-state index contributed by atoms with van der Waals surface area (Å²) in [5.41, 5.74) is 3.35. The lowest BCUT2D eigenvalue weighted by atomic mass is 10.0. The van der Waals surface area contributed by atoms with E-state index in [0.29, 0.717) is 10.8 Å². The first-order valence-corrected chi connectivity index (χ1v) is 7.20. The van der Waals surface area contributed by atoms with Gasteiger partial charge >= 0.3 is 5.97 Å². The maximum Gasteiger partial charge on any atom is 0.315 e. The van der Waals surface area contributed by atoms with Gasteiger partial charge in [0.1, 0.15) is 11.3 Å². The van der Waals surface area contributed by atoms with Gasteiger partial charge in [0, 0.05) is 22.2 Å². The Labute approximate surface area is 132 Å². The maximum atomic E-state index is 12.1. The van der Waals surface area contributed by atoms with E-state index in [1.807, 2.05) is 19.9 Å². The van der Waals surface area contributed by atoms with Gasteiger partial charge in [0.05, 0.1) is 18.9 Å². The van der Waals surface area contributed by atoms with Crippen LogP contribution in [0, 0.1) is 13.8 Å². The summed E-state index contributed by atoms with van der Waals surface area (Å²) in [5, 5.41) is 1.56. The SMILES string of the molecule is Cc1cc2occ(CC(=O)Oc3cccnc3)c2c(C)c1Cl. The minimum Gasteiger partial charge on any atom is -0.464 e. The van der Waals surface area contributed by atoms with Crippen LogP contribution in [0.5, 0.6) is 5.75 Å². The fraction of sp³-hybridized carbons (Fsp3) is 0.176. The predicted octanol–water partition coefficient (Wildman–Crippen LogP) is 4.25. The van der Waals surface area contributed by atoms with Crippen molar-refractivity contribution in [3.05, 3.63) is 58.6 Å². The van der Waals surface area contributed by atoms with E-state index in [1.54, 1.807) is 24.6 Å². The van der Waals surface area contributed by atoms with Crippen molar-refractivity contribution in [1.82, 2.24) is 4.98 Å². The number of esters is 1. The number of hydrogen-bond donors (Lipinski definition) is 0. The molecular formula is C17H14ClNO3. The quantitative estimate of drug-likeness (QED) is 0.678. The van der Waals surface area contributed by atoms with Crippen molar-refractivity contribution in [3.8, 4) is 5.75 Å². The first kappa shape index (κ1) is 14.6. The zero-order valence-electron chi connectivity index (χ0n) is 12.2. The van der Waals surface area contributed by atoms with Gasteiger partial charge in [0.2, 0.25) is 0 Å². The summed E-state index contributed by atoms with van der Waals surface area (Å²) in [6.45, 7) is 3.84. The van der Waals surface area contributed by atoms with Crippen molar-refractivity contribution in [2.75, 3.05) is 0 Å². The number of rotatable bonds is 3. The molecule has 112 valence electrons. The van der Waals surface area contributed by atoms with Crippen molar-refractivity contribution < 1.29 is 13.9 Å². The summed E-state index contributed by atoms with van der Waals surface area (Å²) < 4.78 is 10.8. The Balaban J connectivity index is 1.88. The number of halogens is 1. The molecule has 0 amide bonds. The summed E-state index contributed by atoms with van der Waals surface area (Å²) in [6, 6.07) is 5.27. The van der Waals surface area contributed by atoms with Crippen LogP contribution in [0.4, 0.5) is 0 Å². The first-order valence-electron chi connectivity index (χ1n) is 6.82. The van der Waals surface area contributed by atoms with Crippen molar-refractivity contribution in [2.45, 2.75) is 20.3 Å². The molecule has 3 rings (SSSR count). The number of hydrogen-bond acceptors (Lipinski definition) is 4. The molecule has 2 aromatic heterocycles. The van der Waals surface area contributed by atoms with Crippen LogP contribution in [0.1, 0.15) is 16.7 Å². The fourth-order valence-electron chi connectivity index (χ4n) is 2.47. The summed E-state index contributed by atoms with van der Waals surface area (Å²) in [5.74, 6) is 0.0534. The Morgan fingerprint density at radius 1 is 1.41 bits per heavy atom. The molecule has 0 saturated carbocycles. The van der Waals surface area contributed by atoms with Crippen LogP contribution < -0.4 is 4.74 Å². The highest BCUT2D eigenvalue weighted by Crippen LogP contribution is 2.32. The minimum absolute atomic E-state index is 0.113. The zero-order chi connectivity index (χ0) is 15.7. The van der Waals surface area contributed by atoms with E-state index in [-0.39, 0.29) is 12.4 Å². The van der Waals surface area contributed by atoms with E-state index < -0.39 is 0 Å². The average molecular weight is 316 g/mol. The third-order valence-corrected chi connectivity index (χ3v) is 4.08. The normalized spacial score (nSPS) is 10.9. The number of benzene rings is 1. The summed E-state index contributed by atoms with van der Waals surface area (Å²) in [4.78, 5) is 16.0. The Morgan fingerprint density at radius 3 is 2.95 bits per heavy atom. The second-order valence-electron chi connectivity index (χ2n) is 5.11. The summed E-state index contributed by atoms with van der Waals surface area (Å²) in [7, 11) is 0. The number of fused-ring (bicyclic) bond motifs is 1. The molecule has 5 heteroatoms. The molecule has 0 spiro atoms. The van der Waals surface area contributed by atoms with E-state index in [2.05, 4.69) is 4.98 Å². The van der Waals surface area contributed by atoms with Crippen LogP contribution in [-0.4, -0.2) is 11.0 Å². The van der Waals surface area contributed by atoms with Crippen LogP contribution >= 0.6 is 11.6 Å². The molecule has 1 aromatic carbocycles. The van der Waals surface area contributed by atoms with Crippen LogP contribution in [0.3, 0.4) is 0 Å². The lowest BCUT2D eigenvalue weighted by Crippen LogP contribution is -2.11. The molecule has 3 aromatic rings. The molecule has 0 aliphatic heterocycles. The molecule has 0 unspecified atom stereocenters. The molecule has 0 aliphatic rings. The van der Waals surface area contributed by atoms with Crippen LogP contribution in [0.2, 0.25) is 5.02 Å². The van der Waals surface area contributed by atoms with Gasteiger partial charge in [0.15, 0.2) is 0 Å². The van der Waals surface area contributed by atoms with Gasteiger partial charge in [-0.2, -0.15) is 0 Å². The molecule has 4 nitrogen and oxygen atoms in total. The predicted molar refractivity (Wildman–Crippen MR) is 84.3 cm³/mol. The van der Waals surface area contributed by atoms with Crippen molar-refractivity contribution in [2.24, 2.45) is 0 Å². The van der Waals surface area contributed by atoms with Gasteiger partial charge in [-0.15, -0.1) is 0 Å². The standard InChI is InChI=1S/C17H14ClNO3/c1-10-6-14-16(11(2)17(10)18)12(9-21-14)7-15(20)22-13-4-3-5-19-8-13/h3-6,8-9H,7H2,1-2H3. The van der Waals surface area contributed by atoms with Crippen LogP contribution in [0.25, 0.3) is 11.0 Å². The number of aromatic nitrogens is 1. The van der Waals surface area contributed by atoms with Gasteiger partial charge in [-0.1, -0.05) is 11.6 Å². The molecular weight excluding hydrogens is 302 g/mol. The number of carbonyl (C=O) groups is 1. The monoisotopic (exact) mass is 315 g/mol. The molecule has 0 aliphatic carbocycles. The molecule has 22 heavy (non-hydrogen) atoms. The highest BCUT2D eigenvalue weighted by atomic mass is 35.5. The molecule has 0 fully saturated rings. The molecule has 0 saturated heterocycles. The molecule has 0 N–H and O–H groups in total. The number of nitrogens with zero attached hydrogens (tertiary/aromatic N) is 1. The van der Waals surface area contributed by atoms with Crippen molar-refractivity contribution in [1.29, 1.82) is 0 Å². The van der Waals surface area contributed by atoms with Crippen molar-refractivity contribution in [3.63, 3.8) is 0 Å². The minimum atomic E-state index is -0.369. The van der Waals surface area contributed by atoms with Crippen molar-refractivity contribution >= 4 is 28.5 Å². The van der Waals surface area contributed by atoms with Crippen LogP contribution in [0.15, 0.2) is 41.3 Å². The van der Waals surface area contributed by atoms with Gasteiger partial charge in [-0.05, 0) is 43.2 Å². The highest BCUT2D eigenvalue weighted by molar-refractivity contribution is 6.33. The van der Waals surface area contributed by atoms with Gasteiger partial charge in [-0.3, -0.25) is 9.78 Å². The molecule has 2 heterocycles. The number of ether oxygens (including phenoxy) is 1. The molecule has 0 radical (unpaired) electrons. The largest absolute Gasteiger partial charge is 0.464 e. The average Bonchev–Trinajstić information content (AvgIpc) is 2.88. The Hall–Kier alpha value is -2.33. The fourth-order valence-corrected chi connectivity index (χ4v) is 2.62. The zero-order valence-corrected chi connectivity index (χ0v) is 13.0. The summed E-state index contributed by atoms with van der Waals surface area (Å²) in [6.07, 6.45) is 4.81. The number of aryl methyl sites for hydroxylation is 2. The number of carbonyl (C=O) groups excluding carboxylic acids is 1. The molecule has 0 atom stereocenters. The van der Waals surface area contributed by atoms with Gasteiger partial charge < -0.3 is 9.15 Å². The lowest BCUT2D eigenvalue weighted by Gasteiger charge is -2.06. The van der Waals surface area contributed by atoms with E-state index in [9.17, 15) is 4.79 Å². The third-order valence-electron chi connectivity index (χ3n) is 3.49. The Morgan fingerprint density at radius 2 is 2.23 bits per heavy atom.